The van der Waals surface area contributed by atoms with Crippen molar-refractivity contribution in [2.75, 3.05) is 13.1 Å². The van der Waals surface area contributed by atoms with Crippen molar-refractivity contribution < 1.29 is 0 Å². The fourth-order valence-corrected chi connectivity index (χ4v) is 2.04. The molecule has 2 nitrogen and oxygen atoms in total. The normalized spacial score (nSPS) is 12.6. The summed E-state index contributed by atoms with van der Waals surface area (Å²) in [6.45, 7) is 1.63. The number of unbranched alkanes of at least 4 members (excludes halogenated alkanes) is 5. The minimum atomic E-state index is 0.809. The van der Waals surface area contributed by atoms with E-state index in [-0.39, 0.29) is 0 Å². The molecule has 0 aromatic rings. The first kappa shape index (κ1) is 20.9. The Morgan fingerprint density at radius 3 is 1.23 bits per heavy atom. The van der Waals surface area contributed by atoms with Gasteiger partial charge in [-0.3, -0.25) is 0 Å². The van der Waals surface area contributed by atoms with Gasteiger partial charge in [0.15, 0.2) is 0 Å². The second kappa shape index (κ2) is 19.9. The Labute approximate surface area is 138 Å². The molecule has 0 aromatic carbocycles. The van der Waals surface area contributed by atoms with Crippen LogP contribution >= 0.6 is 0 Å². The molecule has 0 bridgehead atoms. The summed E-state index contributed by atoms with van der Waals surface area (Å²) >= 11 is 0. The van der Waals surface area contributed by atoms with Crippen LogP contribution in [-0.4, -0.2) is 13.1 Å². The van der Waals surface area contributed by atoms with Gasteiger partial charge < -0.3 is 11.5 Å². The lowest BCUT2D eigenvalue weighted by Gasteiger charge is -1.93. The van der Waals surface area contributed by atoms with Crippen LogP contribution in [0.2, 0.25) is 0 Å². The van der Waals surface area contributed by atoms with Crippen molar-refractivity contribution in [3.8, 4) is 0 Å². The van der Waals surface area contributed by atoms with E-state index in [1.165, 1.54) is 25.7 Å². The number of hydrogen-bond donors (Lipinski definition) is 2. The molecule has 0 unspecified atom stereocenters. The summed E-state index contributed by atoms with van der Waals surface area (Å²) in [5, 5.41) is 0. The van der Waals surface area contributed by atoms with Gasteiger partial charge in [-0.1, -0.05) is 55.0 Å². The van der Waals surface area contributed by atoms with Crippen molar-refractivity contribution >= 4 is 0 Å². The van der Waals surface area contributed by atoms with Gasteiger partial charge in [-0.15, -0.1) is 0 Å². The first-order valence-corrected chi connectivity index (χ1v) is 8.92. The first-order valence-electron chi connectivity index (χ1n) is 8.92. The van der Waals surface area contributed by atoms with Crippen molar-refractivity contribution in [1.82, 2.24) is 0 Å². The van der Waals surface area contributed by atoms with Gasteiger partial charge in [-0.2, -0.15) is 0 Å². The Morgan fingerprint density at radius 1 is 0.409 bits per heavy atom. The minimum absolute atomic E-state index is 0.809. The third-order valence-corrected chi connectivity index (χ3v) is 3.38. The Bertz CT molecular complexity index is 314. The Morgan fingerprint density at radius 2 is 0.773 bits per heavy atom. The summed E-state index contributed by atoms with van der Waals surface area (Å²) in [7, 11) is 0. The van der Waals surface area contributed by atoms with E-state index in [2.05, 4.69) is 48.6 Å². The number of nitrogens with two attached hydrogens (primary N) is 2. The molecule has 0 aliphatic rings. The van der Waals surface area contributed by atoms with Gasteiger partial charge in [-0.05, 0) is 70.9 Å². The molecule has 0 heterocycles. The Hall–Kier alpha value is -1.12. The van der Waals surface area contributed by atoms with Crippen LogP contribution in [0.5, 0.6) is 0 Å². The molecule has 0 aliphatic heterocycles. The average molecular weight is 305 g/mol. The van der Waals surface area contributed by atoms with Crippen molar-refractivity contribution in [3.63, 3.8) is 0 Å². The van der Waals surface area contributed by atoms with E-state index in [0.29, 0.717) is 0 Å². The molecule has 0 radical (unpaired) electrons. The van der Waals surface area contributed by atoms with E-state index in [4.69, 9.17) is 11.5 Å². The zero-order valence-corrected chi connectivity index (χ0v) is 14.3. The third kappa shape index (κ3) is 18.9. The molecule has 0 aromatic heterocycles. The molecular weight excluding hydrogens is 268 g/mol. The Balaban J connectivity index is 3.35. The lowest BCUT2D eigenvalue weighted by atomic mass is 10.2. The van der Waals surface area contributed by atoms with Crippen LogP contribution in [-0.2, 0) is 0 Å². The first-order chi connectivity index (χ1) is 10.9. The molecule has 0 atom stereocenters. The van der Waals surface area contributed by atoms with Crippen molar-refractivity contribution in [2.45, 2.75) is 64.2 Å². The largest absolute Gasteiger partial charge is 0.330 e. The van der Waals surface area contributed by atoms with Crippen LogP contribution in [0.25, 0.3) is 0 Å². The highest BCUT2D eigenvalue weighted by Gasteiger charge is 1.83. The van der Waals surface area contributed by atoms with Crippen LogP contribution in [0.3, 0.4) is 0 Å². The average Bonchev–Trinajstić information content (AvgIpc) is 2.54. The number of hydrogen-bond acceptors (Lipinski definition) is 2. The molecule has 0 saturated heterocycles. The summed E-state index contributed by atoms with van der Waals surface area (Å²) in [5.41, 5.74) is 10.9. The predicted octanol–water partition coefficient (Wildman–Crippen LogP) is 5.03. The summed E-state index contributed by atoms with van der Waals surface area (Å²) < 4.78 is 0. The highest BCUT2D eigenvalue weighted by atomic mass is 14.5. The van der Waals surface area contributed by atoms with Gasteiger partial charge in [0.2, 0.25) is 0 Å². The van der Waals surface area contributed by atoms with Gasteiger partial charge in [-0.25, -0.2) is 0 Å². The molecule has 4 N–H and O–H groups in total. The number of allylic oxidation sites excluding steroid dienone is 8. The van der Waals surface area contributed by atoms with Gasteiger partial charge >= 0.3 is 0 Å². The van der Waals surface area contributed by atoms with Gasteiger partial charge in [0.25, 0.3) is 0 Å². The van der Waals surface area contributed by atoms with E-state index in [0.717, 1.165) is 51.6 Å². The quantitative estimate of drug-likeness (QED) is 0.329. The van der Waals surface area contributed by atoms with Crippen LogP contribution in [0.4, 0.5) is 0 Å². The molecule has 0 spiro atoms. The fourth-order valence-electron chi connectivity index (χ4n) is 2.04. The minimum Gasteiger partial charge on any atom is -0.330 e. The maximum atomic E-state index is 5.46. The second-order valence-electron chi connectivity index (χ2n) is 5.52. The zero-order valence-electron chi connectivity index (χ0n) is 14.3. The van der Waals surface area contributed by atoms with Gasteiger partial charge in [0.1, 0.15) is 0 Å². The molecule has 0 amide bonds. The maximum Gasteiger partial charge on any atom is -0.00772 e. The highest BCUT2D eigenvalue weighted by Crippen LogP contribution is 2.01. The molecule has 0 rings (SSSR count). The Kier molecular flexibility index (Phi) is 18.9. The van der Waals surface area contributed by atoms with Crippen LogP contribution in [0.15, 0.2) is 48.6 Å². The molecule has 0 saturated carbocycles. The van der Waals surface area contributed by atoms with Crippen LogP contribution < -0.4 is 11.5 Å². The monoisotopic (exact) mass is 304 g/mol. The van der Waals surface area contributed by atoms with Gasteiger partial charge in [0, 0.05) is 0 Å². The topological polar surface area (TPSA) is 52.0 Å². The SMILES string of the molecule is NCCCC/C=C/C/C=C/C/C=C/C/C=C/CCCCCN. The van der Waals surface area contributed by atoms with Crippen molar-refractivity contribution in [2.24, 2.45) is 11.5 Å². The van der Waals surface area contributed by atoms with Crippen molar-refractivity contribution in [3.05, 3.63) is 48.6 Å². The second-order valence-corrected chi connectivity index (χ2v) is 5.52. The molecule has 2 heteroatoms. The molecule has 0 aliphatic carbocycles. The van der Waals surface area contributed by atoms with E-state index in [9.17, 15) is 0 Å². The fraction of sp³-hybridized carbons (Fsp3) is 0.600. The third-order valence-electron chi connectivity index (χ3n) is 3.38. The summed E-state index contributed by atoms with van der Waals surface area (Å²) in [4.78, 5) is 0. The molecule has 126 valence electrons. The predicted molar refractivity (Wildman–Crippen MR) is 101 cm³/mol. The van der Waals surface area contributed by atoms with Crippen molar-refractivity contribution in [1.29, 1.82) is 0 Å². The molecular formula is C20H36N2. The van der Waals surface area contributed by atoms with E-state index < -0.39 is 0 Å². The number of rotatable bonds is 15. The molecule has 0 fully saturated rings. The molecule has 22 heavy (non-hydrogen) atoms. The maximum absolute atomic E-state index is 5.46. The van der Waals surface area contributed by atoms with Crippen LogP contribution in [0, 0.1) is 0 Å². The highest BCUT2D eigenvalue weighted by molar-refractivity contribution is 4.99. The summed E-state index contributed by atoms with van der Waals surface area (Å²) in [6, 6.07) is 0. The van der Waals surface area contributed by atoms with E-state index in [1.807, 2.05) is 0 Å². The summed E-state index contributed by atoms with van der Waals surface area (Å²) in [5.74, 6) is 0. The lowest BCUT2D eigenvalue weighted by molar-refractivity contribution is 0.695. The van der Waals surface area contributed by atoms with Crippen LogP contribution in [0.1, 0.15) is 64.2 Å². The zero-order chi connectivity index (χ0) is 16.1. The smallest absolute Gasteiger partial charge is 0.00772 e. The summed E-state index contributed by atoms with van der Waals surface area (Å²) in [6.07, 6.45) is 29.5. The lowest BCUT2D eigenvalue weighted by Crippen LogP contribution is -1.97. The van der Waals surface area contributed by atoms with E-state index in [1.54, 1.807) is 0 Å². The standard InChI is InChI=1S/C20H36N2/c21-19-17-15-13-11-9-7-5-3-1-2-4-6-8-10-12-14-16-18-20-22/h1,3-4,6-7,9-10,12H,2,5,8,11,13-22H2/b3-1+,6-4+,9-7+,12-10+. The van der Waals surface area contributed by atoms with Gasteiger partial charge in [0.05, 0.1) is 0 Å². The van der Waals surface area contributed by atoms with E-state index >= 15 is 0 Å².